The zero-order chi connectivity index (χ0) is 25.4. The molecule has 182 valence electrons. The lowest BCUT2D eigenvalue weighted by Crippen LogP contribution is -2.12. The van der Waals surface area contributed by atoms with Gasteiger partial charge in [-0.25, -0.2) is 19.9 Å². The monoisotopic (exact) mass is 496 g/mol. The van der Waals surface area contributed by atoms with Crippen LogP contribution in [0.25, 0.3) is 22.3 Å². The Bertz CT molecular complexity index is 1360. The number of halogens is 6. The van der Waals surface area contributed by atoms with Crippen molar-refractivity contribution in [2.45, 2.75) is 18.5 Å². The van der Waals surface area contributed by atoms with Gasteiger partial charge in [0.1, 0.15) is 23.8 Å². The third-order valence-corrected chi connectivity index (χ3v) is 4.86. The fourth-order valence-corrected chi connectivity index (χ4v) is 3.14. The van der Waals surface area contributed by atoms with E-state index in [-0.39, 0.29) is 33.8 Å². The number of hydrogen-bond donors (Lipinski definition) is 3. The molecular formula is C21H14F6N6O2. The molecule has 0 aromatic carbocycles. The predicted molar refractivity (Wildman–Crippen MR) is 110 cm³/mol. The Morgan fingerprint density at radius 2 is 1.63 bits per heavy atom. The molecular weight excluding hydrogens is 482 g/mol. The van der Waals surface area contributed by atoms with Gasteiger partial charge in [0, 0.05) is 29.7 Å². The largest absolute Gasteiger partial charge is 0.418 e. The zero-order valence-corrected chi connectivity index (χ0v) is 17.3. The van der Waals surface area contributed by atoms with E-state index in [0.717, 1.165) is 30.9 Å². The third kappa shape index (κ3) is 5.12. The second kappa shape index (κ2) is 9.03. The topological polar surface area (TPSA) is 117 Å². The standard InChI is InChI=1S/C21H14F6N6O2/c22-20(23,24)12-1-2-16(28-7-12)33-19-18-14(31-9-32-19)4-11(6-30-18)17-13(21(25,26)27)3-10(5-29-17)15(35)8-34/h1-7,9,15,34-35H,8H2,(H,28,31,32,33)/t15-/m0/s1. The summed E-state index contributed by atoms with van der Waals surface area (Å²) < 4.78 is 79.2. The quantitative estimate of drug-likeness (QED) is 0.351. The molecule has 0 aliphatic carbocycles. The van der Waals surface area contributed by atoms with E-state index in [9.17, 15) is 31.4 Å². The molecule has 0 saturated heterocycles. The third-order valence-electron chi connectivity index (χ3n) is 4.86. The number of aromatic nitrogens is 5. The highest BCUT2D eigenvalue weighted by atomic mass is 19.4. The van der Waals surface area contributed by atoms with Gasteiger partial charge in [-0.3, -0.25) is 4.98 Å². The minimum Gasteiger partial charge on any atom is -0.393 e. The second-order valence-electron chi connectivity index (χ2n) is 7.23. The van der Waals surface area contributed by atoms with Crippen LogP contribution in [-0.4, -0.2) is 41.7 Å². The maximum Gasteiger partial charge on any atom is 0.418 e. The number of nitrogens with one attached hydrogen (secondary N) is 1. The predicted octanol–water partition coefficient (Wildman–Crippen LogP) is 4.29. The highest BCUT2D eigenvalue weighted by Crippen LogP contribution is 2.38. The Labute approximate surface area is 192 Å². The van der Waals surface area contributed by atoms with Crippen LogP contribution in [-0.2, 0) is 12.4 Å². The van der Waals surface area contributed by atoms with Crippen LogP contribution in [0.3, 0.4) is 0 Å². The number of alkyl halides is 6. The summed E-state index contributed by atoms with van der Waals surface area (Å²) in [6, 6.07) is 3.89. The van der Waals surface area contributed by atoms with Gasteiger partial charge in [0.25, 0.3) is 0 Å². The fourth-order valence-electron chi connectivity index (χ4n) is 3.14. The molecule has 4 aromatic heterocycles. The van der Waals surface area contributed by atoms with E-state index in [1.54, 1.807) is 0 Å². The van der Waals surface area contributed by atoms with Gasteiger partial charge in [-0.1, -0.05) is 0 Å². The molecule has 14 heteroatoms. The van der Waals surface area contributed by atoms with E-state index in [2.05, 4.69) is 30.2 Å². The first-order chi connectivity index (χ1) is 16.5. The lowest BCUT2D eigenvalue weighted by molar-refractivity contribution is -0.138. The fraction of sp³-hybridized carbons (Fsp3) is 0.190. The molecule has 0 saturated carbocycles. The molecule has 4 heterocycles. The van der Waals surface area contributed by atoms with Gasteiger partial charge in [0.2, 0.25) is 0 Å². The van der Waals surface area contributed by atoms with E-state index in [0.29, 0.717) is 12.3 Å². The average Bonchev–Trinajstić information content (AvgIpc) is 2.82. The van der Waals surface area contributed by atoms with E-state index in [4.69, 9.17) is 5.11 Å². The highest BCUT2D eigenvalue weighted by Gasteiger charge is 2.35. The van der Waals surface area contributed by atoms with Gasteiger partial charge in [-0.2, -0.15) is 26.3 Å². The smallest absolute Gasteiger partial charge is 0.393 e. The van der Waals surface area contributed by atoms with Crippen molar-refractivity contribution in [2.24, 2.45) is 0 Å². The SMILES string of the molecule is OC[C@H](O)c1cnc(-c2cnc3c(Nc4ccc(C(F)(F)F)cn4)ncnc3c2)c(C(F)(F)F)c1. The molecule has 4 rings (SSSR count). The van der Waals surface area contributed by atoms with Gasteiger partial charge < -0.3 is 15.5 Å². The number of rotatable bonds is 5. The number of aliphatic hydroxyl groups excluding tert-OH is 2. The maximum absolute atomic E-state index is 13.7. The number of aliphatic hydroxyl groups is 2. The molecule has 8 nitrogen and oxygen atoms in total. The molecule has 0 aliphatic heterocycles. The molecule has 0 bridgehead atoms. The van der Waals surface area contributed by atoms with Gasteiger partial charge >= 0.3 is 12.4 Å². The molecule has 0 spiro atoms. The van der Waals surface area contributed by atoms with Crippen molar-refractivity contribution >= 4 is 22.7 Å². The molecule has 0 aliphatic rings. The van der Waals surface area contributed by atoms with Crippen molar-refractivity contribution in [3.63, 3.8) is 0 Å². The maximum atomic E-state index is 13.7. The summed E-state index contributed by atoms with van der Waals surface area (Å²) in [6.45, 7) is -0.781. The van der Waals surface area contributed by atoms with Crippen molar-refractivity contribution < 1.29 is 36.6 Å². The summed E-state index contributed by atoms with van der Waals surface area (Å²) in [7, 11) is 0. The lowest BCUT2D eigenvalue weighted by Gasteiger charge is -2.16. The minimum atomic E-state index is -4.82. The number of hydrogen-bond acceptors (Lipinski definition) is 8. The Kier molecular flexibility index (Phi) is 6.25. The van der Waals surface area contributed by atoms with Gasteiger partial charge in [-0.05, 0) is 24.3 Å². The van der Waals surface area contributed by atoms with Gasteiger partial charge in [0.05, 0.1) is 28.9 Å². The summed E-state index contributed by atoms with van der Waals surface area (Å²) in [6.07, 6.45) is -7.06. The molecule has 0 amide bonds. The van der Waals surface area contributed by atoms with Crippen LogP contribution in [0.4, 0.5) is 38.0 Å². The molecule has 35 heavy (non-hydrogen) atoms. The van der Waals surface area contributed by atoms with Crippen LogP contribution in [0.15, 0.2) is 49.2 Å². The van der Waals surface area contributed by atoms with Crippen molar-refractivity contribution in [1.82, 2.24) is 24.9 Å². The van der Waals surface area contributed by atoms with Crippen LogP contribution < -0.4 is 5.32 Å². The second-order valence-corrected chi connectivity index (χ2v) is 7.23. The van der Waals surface area contributed by atoms with Crippen LogP contribution in [0, 0.1) is 0 Å². The normalized spacial score (nSPS) is 13.1. The first kappa shape index (κ1) is 24.2. The lowest BCUT2D eigenvalue weighted by atomic mass is 10.0. The Morgan fingerprint density at radius 1 is 0.857 bits per heavy atom. The Morgan fingerprint density at radius 3 is 2.26 bits per heavy atom. The molecule has 3 N–H and O–H groups in total. The van der Waals surface area contributed by atoms with Crippen LogP contribution in [0.2, 0.25) is 0 Å². The Hall–Kier alpha value is -3.91. The van der Waals surface area contributed by atoms with Crippen molar-refractivity contribution in [3.05, 3.63) is 65.9 Å². The van der Waals surface area contributed by atoms with E-state index in [1.807, 2.05) is 0 Å². The molecule has 1 atom stereocenters. The summed E-state index contributed by atoms with van der Waals surface area (Å²) in [5.41, 5.74) is -2.56. The molecule has 0 fully saturated rings. The average molecular weight is 496 g/mol. The number of fused-ring (bicyclic) bond motifs is 1. The number of nitrogens with zero attached hydrogens (tertiary/aromatic N) is 5. The van der Waals surface area contributed by atoms with E-state index >= 15 is 0 Å². The highest BCUT2D eigenvalue weighted by molar-refractivity contribution is 5.89. The summed E-state index contributed by atoms with van der Waals surface area (Å²) in [4.78, 5) is 19.6. The minimum absolute atomic E-state index is 0.0305. The van der Waals surface area contributed by atoms with E-state index in [1.165, 1.54) is 6.07 Å². The van der Waals surface area contributed by atoms with Crippen molar-refractivity contribution in [2.75, 3.05) is 11.9 Å². The first-order valence-corrected chi connectivity index (χ1v) is 9.75. The van der Waals surface area contributed by atoms with Crippen molar-refractivity contribution in [3.8, 4) is 11.3 Å². The van der Waals surface area contributed by atoms with E-state index < -0.39 is 41.9 Å². The first-order valence-electron chi connectivity index (χ1n) is 9.75. The molecule has 0 radical (unpaired) electrons. The zero-order valence-electron chi connectivity index (χ0n) is 17.3. The van der Waals surface area contributed by atoms with Gasteiger partial charge in [-0.15, -0.1) is 0 Å². The number of anilines is 2. The summed E-state index contributed by atoms with van der Waals surface area (Å²) in [5.74, 6) is 0.0992. The number of pyridine rings is 3. The van der Waals surface area contributed by atoms with Crippen LogP contribution in [0.5, 0.6) is 0 Å². The molecule has 4 aromatic rings. The summed E-state index contributed by atoms with van der Waals surface area (Å²) >= 11 is 0. The van der Waals surface area contributed by atoms with Gasteiger partial charge in [0.15, 0.2) is 5.82 Å². The summed E-state index contributed by atoms with van der Waals surface area (Å²) in [5, 5.41) is 21.4. The molecule has 0 unspecified atom stereocenters. The van der Waals surface area contributed by atoms with Crippen molar-refractivity contribution in [1.29, 1.82) is 0 Å². The van der Waals surface area contributed by atoms with Crippen LogP contribution >= 0.6 is 0 Å². The van der Waals surface area contributed by atoms with Crippen LogP contribution in [0.1, 0.15) is 22.8 Å². The Balaban J connectivity index is 1.72.